The number of halogens is 1. The van der Waals surface area contributed by atoms with E-state index < -0.39 is 17.5 Å². The molecule has 0 fully saturated rings. The van der Waals surface area contributed by atoms with E-state index in [0.717, 1.165) is 0 Å². The summed E-state index contributed by atoms with van der Waals surface area (Å²) < 4.78 is 7.00. The molecule has 0 spiro atoms. The van der Waals surface area contributed by atoms with Crippen molar-refractivity contribution in [2.75, 3.05) is 19.0 Å². The molecule has 9 heteroatoms. The first kappa shape index (κ1) is 18.2. The Labute approximate surface area is 164 Å². The monoisotopic (exact) mass is 400 g/mol. The highest BCUT2D eigenvalue weighted by atomic mass is 35.5. The van der Waals surface area contributed by atoms with Gasteiger partial charge in [-0.15, -0.1) is 0 Å². The molecule has 28 heavy (non-hydrogen) atoms. The average Bonchev–Trinajstić information content (AvgIpc) is 2.62. The summed E-state index contributed by atoms with van der Waals surface area (Å²) in [6, 6.07) is 6.32. The van der Waals surface area contributed by atoms with Gasteiger partial charge in [-0.25, -0.2) is 4.98 Å². The molecule has 8 nitrogen and oxygen atoms in total. The number of carbonyl (C=O) groups excluding carboxylic acids is 2. The number of rotatable bonds is 2. The predicted octanol–water partition coefficient (Wildman–Crippen LogP) is 1.53. The minimum Gasteiger partial charge on any atom is -0.441 e. The van der Waals surface area contributed by atoms with Crippen LogP contribution in [0.2, 0.25) is 5.02 Å². The van der Waals surface area contributed by atoms with Crippen molar-refractivity contribution in [3.63, 3.8) is 0 Å². The van der Waals surface area contributed by atoms with Gasteiger partial charge in [0.05, 0.1) is 27.3 Å². The second-order valence-electron chi connectivity index (χ2n) is 7.04. The van der Waals surface area contributed by atoms with Crippen LogP contribution >= 0.6 is 11.6 Å². The van der Waals surface area contributed by atoms with Gasteiger partial charge in [-0.05, 0) is 31.2 Å². The van der Waals surface area contributed by atoms with Crippen LogP contribution in [0.15, 0.2) is 29.1 Å². The summed E-state index contributed by atoms with van der Waals surface area (Å²) in [6.45, 7) is 1.13. The van der Waals surface area contributed by atoms with Crippen LogP contribution in [-0.4, -0.2) is 35.5 Å². The first-order valence-corrected chi connectivity index (χ1v) is 8.88. The first-order valence-electron chi connectivity index (χ1n) is 8.50. The molecular weight excluding hydrogens is 384 g/mol. The lowest BCUT2D eigenvalue weighted by atomic mass is 9.99. The van der Waals surface area contributed by atoms with Gasteiger partial charge in [0.2, 0.25) is 5.60 Å². The summed E-state index contributed by atoms with van der Waals surface area (Å²) in [6.07, 6.45) is 0. The summed E-state index contributed by atoms with van der Waals surface area (Å²) in [5.74, 6) is -1.52. The Morgan fingerprint density at radius 1 is 1.25 bits per heavy atom. The van der Waals surface area contributed by atoms with E-state index in [1.807, 2.05) is 0 Å². The molecule has 1 unspecified atom stereocenters. The number of carbonyl (C=O) groups is 2. The molecule has 2 bridgehead atoms. The van der Waals surface area contributed by atoms with Crippen LogP contribution in [0.25, 0.3) is 21.9 Å². The molecule has 1 atom stereocenters. The van der Waals surface area contributed by atoms with Crippen molar-refractivity contribution in [1.82, 2.24) is 9.55 Å². The summed E-state index contributed by atoms with van der Waals surface area (Å²) in [5, 5.41) is 1.15. The van der Waals surface area contributed by atoms with Crippen LogP contribution in [0.1, 0.15) is 12.6 Å². The highest BCUT2D eigenvalue weighted by molar-refractivity contribution is 6.35. The molecule has 144 valence electrons. The van der Waals surface area contributed by atoms with Gasteiger partial charge in [-0.3, -0.25) is 14.4 Å². The fraction of sp³-hybridized carbons (Fsp3) is 0.263. The lowest BCUT2D eigenvalue weighted by Crippen LogP contribution is -2.45. The van der Waals surface area contributed by atoms with Gasteiger partial charge in [0.25, 0.3) is 5.91 Å². The number of amides is 1. The van der Waals surface area contributed by atoms with E-state index in [-0.39, 0.29) is 23.3 Å². The zero-order valence-electron chi connectivity index (χ0n) is 15.4. The Hall–Kier alpha value is -3.13. The molecule has 0 saturated carbocycles. The molecule has 1 aliphatic heterocycles. The normalized spacial score (nSPS) is 18.8. The number of ether oxygens (including phenoxy) is 1. The third-order valence-corrected chi connectivity index (χ3v) is 5.31. The Morgan fingerprint density at radius 2 is 1.93 bits per heavy atom. The number of cyclic esters (lactones) is 1. The molecule has 2 N–H and O–H groups in total. The van der Waals surface area contributed by atoms with Crippen LogP contribution in [0.4, 0.5) is 5.69 Å². The Kier molecular flexibility index (Phi) is 3.87. The second kappa shape index (κ2) is 5.93. The SMILES string of the molecule is CN(C)c1c(Cl)ccc2c(=O)c3ccc4nc3n(c12)CC(=O)OC4(C)C(N)=O. The molecule has 3 heterocycles. The zero-order valence-corrected chi connectivity index (χ0v) is 16.2. The molecule has 0 aliphatic carbocycles. The minimum absolute atomic E-state index is 0.154. The highest BCUT2D eigenvalue weighted by Gasteiger charge is 2.41. The Bertz CT molecular complexity index is 1250. The van der Waals surface area contributed by atoms with Crippen molar-refractivity contribution in [3.8, 4) is 0 Å². The quantitative estimate of drug-likeness (QED) is 0.516. The molecule has 0 radical (unpaired) electrons. The van der Waals surface area contributed by atoms with E-state index >= 15 is 0 Å². The molecule has 2 aromatic heterocycles. The number of fused-ring (bicyclic) bond motifs is 3. The summed E-state index contributed by atoms with van der Waals surface area (Å²) in [4.78, 5) is 44.0. The maximum Gasteiger partial charge on any atom is 0.327 e. The number of hydrogen-bond donors (Lipinski definition) is 1. The second-order valence-corrected chi connectivity index (χ2v) is 7.45. The van der Waals surface area contributed by atoms with Crippen LogP contribution in [0, 0.1) is 0 Å². The van der Waals surface area contributed by atoms with Gasteiger partial charge < -0.3 is 19.9 Å². The largest absolute Gasteiger partial charge is 0.441 e. The van der Waals surface area contributed by atoms with Crippen molar-refractivity contribution in [3.05, 3.63) is 45.2 Å². The standard InChI is InChI=1S/C19H17ClN4O4/c1-19(18(21)27)12-7-5-10-16(26)9-4-6-11(20)15(23(2)3)14(9)24(17(10)22-12)8-13(25)28-19/h4-7H,8H2,1-3H3,(H2,21,27). The van der Waals surface area contributed by atoms with Crippen molar-refractivity contribution < 1.29 is 14.3 Å². The number of anilines is 1. The minimum atomic E-state index is -1.72. The van der Waals surface area contributed by atoms with Gasteiger partial charge in [-0.2, -0.15) is 0 Å². The van der Waals surface area contributed by atoms with E-state index in [4.69, 9.17) is 22.1 Å². The van der Waals surface area contributed by atoms with Crippen molar-refractivity contribution in [2.24, 2.45) is 5.73 Å². The maximum absolute atomic E-state index is 13.1. The van der Waals surface area contributed by atoms with Gasteiger partial charge in [0.1, 0.15) is 12.2 Å². The summed E-state index contributed by atoms with van der Waals surface area (Å²) in [7, 11) is 3.58. The number of aromatic nitrogens is 2. The van der Waals surface area contributed by atoms with Crippen LogP contribution < -0.4 is 16.1 Å². The zero-order chi connectivity index (χ0) is 20.4. The number of pyridine rings is 2. The fourth-order valence-electron chi connectivity index (χ4n) is 3.56. The van der Waals surface area contributed by atoms with E-state index in [2.05, 4.69) is 4.98 Å². The third-order valence-electron chi connectivity index (χ3n) is 5.00. The van der Waals surface area contributed by atoms with E-state index in [9.17, 15) is 14.4 Å². The van der Waals surface area contributed by atoms with Gasteiger partial charge in [0, 0.05) is 19.5 Å². The molecule has 3 aromatic rings. The smallest absolute Gasteiger partial charge is 0.327 e. The average molecular weight is 401 g/mol. The lowest BCUT2D eigenvalue weighted by Gasteiger charge is -2.29. The fourth-order valence-corrected chi connectivity index (χ4v) is 3.88. The van der Waals surface area contributed by atoms with Gasteiger partial charge in [-0.1, -0.05) is 11.6 Å². The number of hydrogen-bond acceptors (Lipinski definition) is 6. The molecule has 1 amide bonds. The number of esters is 1. The molecule has 1 aliphatic rings. The van der Waals surface area contributed by atoms with Crippen molar-refractivity contribution >= 4 is 51.1 Å². The van der Waals surface area contributed by atoms with Gasteiger partial charge in [0.15, 0.2) is 5.43 Å². The molecule has 1 aromatic carbocycles. The van der Waals surface area contributed by atoms with Crippen LogP contribution in [0.5, 0.6) is 0 Å². The van der Waals surface area contributed by atoms with E-state index in [0.29, 0.717) is 27.0 Å². The van der Waals surface area contributed by atoms with Gasteiger partial charge >= 0.3 is 5.97 Å². The number of nitrogens with two attached hydrogens (primary N) is 1. The lowest BCUT2D eigenvalue weighted by molar-refractivity contribution is -0.168. The predicted molar refractivity (Wildman–Crippen MR) is 105 cm³/mol. The molecular formula is C19H17ClN4O4. The van der Waals surface area contributed by atoms with Crippen molar-refractivity contribution in [1.29, 1.82) is 0 Å². The topological polar surface area (TPSA) is 108 Å². The van der Waals surface area contributed by atoms with Crippen LogP contribution in [-0.2, 0) is 26.5 Å². The van der Waals surface area contributed by atoms with Crippen LogP contribution in [0.3, 0.4) is 0 Å². The summed E-state index contributed by atoms with van der Waals surface area (Å²) >= 11 is 6.39. The Balaban J connectivity index is 2.26. The number of benzene rings is 1. The first-order chi connectivity index (χ1) is 13.1. The summed E-state index contributed by atoms with van der Waals surface area (Å²) in [5.41, 5.74) is 4.98. The maximum atomic E-state index is 13.1. The molecule has 4 rings (SSSR count). The highest BCUT2D eigenvalue weighted by Crippen LogP contribution is 2.35. The van der Waals surface area contributed by atoms with E-state index in [1.165, 1.54) is 13.0 Å². The Morgan fingerprint density at radius 3 is 2.57 bits per heavy atom. The number of primary amides is 1. The number of nitrogens with zero attached hydrogens (tertiary/aromatic N) is 3. The molecule has 0 saturated heterocycles. The van der Waals surface area contributed by atoms with Crippen molar-refractivity contribution in [2.45, 2.75) is 19.1 Å². The third kappa shape index (κ3) is 2.37. The van der Waals surface area contributed by atoms with E-state index in [1.54, 1.807) is 41.8 Å².